The van der Waals surface area contributed by atoms with Crippen LogP contribution in [0.15, 0.2) is 9.98 Å². The van der Waals surface area contributed by atoms with E-state index in [1.807, 2.05) is 6.92 Å². The Balaban J connectivity index is 0.00000658. The zero-order valence-corrected chi connectivity index (χ0v) is 44.2. The number of rotatable bonds is 20. The van der Waals surface area contributed by atoms with Crippen LogP contribution in [0.25, 0.3) is 0 Å². The first kappa shape index (κ1) is 65.4. The smallest absolute Gasteiger partial charge is 0.300 e. The fourth-order valence-electron chi connectivity index (χ4n) is 7.23. The maximum Gasteiger partial charge on any atom is 0.300 e. The van der Waals surface area contributed by atoms with Crippen molar-refractivity contribution in [2.24, 2.45) is 62.0 Å². The van der Waals surface area contributed by atoms with Crippen molar-refractivity contribution in [3.8, 4) is 0 Å². The topological polar surface area (TPSA) is 502 Å². The van der Waals surface area contributed by atoms with Crippen molar-refractivity contribution in [3.63, 3.8) is 0 Å². The number of amides is 10. The highest BCUT2D eigenvalue weighted by Gasteiger charge is 2.41. The van der Waals surface area contributed by atoms with Gasteiger partial charge in [-0.2, -0.15) is 0 Å². The molecule has 22 N–H and O–H groups in total. The summed E-state index contributed by atoms with van der Waals surface area (Å²) in [6.07, 6.45) is 0.894. The minimum atomic E-state index is -1.70. The molecule has 1 unspecified atom stereocenters. The maximum atomic E-state index is 14.5. The largest absolute Gasteiger partial charge is 0.481 e. The van der Waals surface area contributed by atoms with E-state index in [1.165, 1.54) is 4.90 Å². The fraction of sp³-hybridized carbons (Fsp3) is 0.698. The Hall–Kier alpha value is -6.63. The first-order valence-electron chi connectivity index (χ1n) is 24.0. The number of hydrogen-bond acceptors (Lipinski definition) is 16. The second-order valence-electron chi connectivity index (χ2n) is 17.6. The summed E-state index contributed by atoms with van der Waals surface area (Å²) in [7, 11) is 2.11. The number of hydrogen-bond donors (Lipinski definition) is 15. The van der Waals surface area contributed by atoms with Crippen LogP contribution < -0.4 is 77.4 Å². The number of likely N-dealkylation sites (tertiary alicyclic amines) is 1. The number of guanidine groups is 2. The molecule has 0 radical (unpaired) electrons. The van der Waals surface area contributed by atoms with Crippen LogP contribution in [0.2, 0.25) is 0 Å². The predicted molar refractivity (Wildman–Crippen MR) is 277 cm³/mol. The number of carbonyl (C=O) groups excluding carboxylic acids is 10. The van der Waals surface area contributed by atoms with Crippen LogP contribution in [0, 0.1) is 11.8 Å². The minimum Gasteiger partial charge on any atom is -0.481 e. The summed E-state index contributed by atoms with van der Waals surface area (Å²) in [5.41, 5.74) is 38.9. The standard InChI is InChI=1S/C41H73N17O10S2.C2H4O2/c1-5-20(3)30-37(66)53-24(11-8-14-50-41(47)48)34(63)54-25(16-28(43)59)35(64)55-26(19-70-69-18-22(42)32(61)56-31(21(4)6-2)38(67)57-30)39(68)58-15-9-12-27(58)36(65)52-23(10-7-13-49-40(45)46)33(62)51-17-29(44)60;1-2(3)4/h20-27,30-31H,5-19,42H2,1-4H3,(H2,43,59)(H2,44,60)(H,51,62)(H,52,65)(H,53,66)(H,54,63)(H,55,64)(H,56,61)(H,57,67)(H4,45,46,49)(H4,47,48,50);1H3,(H,3,4)/t20-,21-,22-,23-,24-,25-,26-,27-,30?,31-;/m0./s1. The van der Waals surface area contributed by atoms with Crippen molar-refractivity contribution in [1.82, 2.24) is 42.1 Å². The van der Waals surface area contributed by atoms with Gasteiger partial charge in [0, 0.05) is 38.1 Å². The lowest BCUT2D eigenvalue weighted by atomic mass is 9.94. The van der Waals surface area contributed by atoms with Crippen molar-refractivity contribution >= 4 is 98.5 Å². The molecule has 2 aliphatic rings. The second-order valence-corrected chi connectivity index (χ2v) is 20.2. The van der Waals surface area contributed by atoms with E-state index in [4.69, 9.17) is 50.0 Å². The van der Waals surface area contributed by atoms with Gasteiger partial charge in [-0.15, -0.1) is 0 Å². The fourth-order valence-corrected chi connectivity index (χ4v) is 9.50. The van der Waals surface area contributed by atoms with Crippen LogP contribution in [0.3, 0.4) is 0 Å². The monoisotopic (exact) mass is 1090 g/mol. The highest BCUT2D eigenvalue weighted by molar-refractivity contribution is 8.76. The summed E-state index contributed by atoms with van der Waals surface area (Å²) in [6, 6.07) is -10.4. The highest BCUT2D eigenvalue weighted by atomic mass is 33.1. The molecule has 0 aromatic carbocycles. The van der Waals surface area contributed by atoms with Gasteiger partial charge in [-0.05, 0) is 50.4 Å². The molecular weight excluding hydrogens is 1010 g/mol. The normalized spacial score (nSPS) is 23.4. The number of aliphatic imine (C=N–C) groups is 2. The van der Waals surface area contributed by atoms with E-state index < -0.39 is 138 Å². The number of nitrogens with two attached hydrogens (primary N) is 7. The van der Waals surface area contributed by atoms with E-state index in [1.54, 1.807) is 20.8 Å². The molecule has 2 rings (SSSR count). The molecule has 74 heavy (non-hydrogen) atoms. The van der Waals surface area contributed by atoms with E-state index in [9.17, 15) is 47.9 Å². The van der Waals surface area contributed by atoms with Gasteiger partial charge in [0.1, 0.15) is 42.3 Å². The Morgan fingerprint density at radius 3 is 1.78 bits per heavy atom. The third-order valence-electron chi connectivity index (χ3n) is 11.6. The van der Waals surface area contributed by atoms with Gasteiger partial charge in [0.2, 0.25) is 59.1 Å². The average molecular weight is 1090 g/mol. The molecule has 0 aromatic heterocycles. The van der Waals surface area contributed by atoms with Gasteiger partial charge in [0.25, 0.3) is 5.97 Å². The summed E-state index contributed by atoms with van der Waals surface area (Å²) >= 11 is 0. The lowest BCUT2D eigenvalue weighted by Gasteiger charge is -2.31. The van der Waals surface area contributed by atoms with Crippen molar-refractivity contribution in [3.05, 3.63) is 0 Å². The first-order valence-corrected chi connectivity index (χ1v) is 26.5. The third-order valence-corrected chi connectivity index (χ3v) is 14.0. The molecule has 2 heterocycles. The zero-order chi connectivity index (χ0) is 56.2. The number of aliphatic carboxylic acids is 1. The van der Waals surface area contributed by atoms with Gasteiger partial charge < -0.3 is 87.4 Å². The molecule has 2 aliphatic heterocycles. The molecule has 0 spiro atoms. The molecule has 31 heteroatoms. The van der Waals surface area contributed by atoms with Crippen LogP contribution in [0.1, 0.15) is 92.4 Å². The summed E-state index contributed by atoms with van der Waals surface area (Å²) < 4.78 is 0. The number of nitrogens with zero attached hydrogens (tertiary/aromatic N) is 3. The number of carboxylic acids is 1. The van der Waals surface area contributed by atoms with Crippen LogP contribution >= 0.6 is 21.6 Å². The van der Waals surface area contributed by atoms with E-state index in [0.29, 0.717) is 19.3 Å². The molecule has 0 saturated carbocycles. The van der Waals surface area contributed by atoms with Gasteiger partial charge in [-0.1, -0.05) is 62.1 Å². The van der Waals surface area contributed by atoms with Gasteiger partial charge in [0.15, 0.2) is 11.9 Å². The molecule has 2 fully saturated rings. The Morgan fingerprint density at radius 1 is 0.730 bits per heavy atom. The summed E-state index contributed by atoms with van der Waals surface area (Å²) in [5, 5.41) is 25.6. The third kappa shape index (κ3) is 24.4. The van der Waals surface area contributed by atoms with Gasteiger partial charge in [0.05, 0.1) is 19.0 Å². The summed E-state index contributed by atoms with van der Waals surface area (Å²) in [6.45, 7) is 7.83. The zero-order valence-electron chi connectivity index (χ0n) is 42.5. The van der Waals surface area contributed by atoms with Gasteiger partial charge in [-0.3, -0.25) is 62.7 Å². The molecule has 29 nitrogen and oxygen atoms in total. The Bertz CT molecular complexity index is 2020. The highest BCUT2D eigenvalue weighted by Crippen LogP contribution is 2.26. The molecule has 2 saturated heterocycles. The van der Waals surface area contributed by atoms with Crippen molar-refractivity contribution in [1.29, 1.82) is 0 Å². The molecule has 0 aromatic rings. The van der Waals surface area contributed by atoms with Crippen LogP contribution in [0.4, 0.5) is 0 Å². The van der Waals surface area contributed by atoms with E-state index >= 15 is 0 Å². The van der Waals surface area contributed by atoms with Crippen molar-refractivity contribution in [2.75, 3.05) is 37.7 Å². The van der Waals surface area contributed by atoms with Crippen molar-refractivity contribution in [2.45, 2.75) is 141 Å². The van der Waals surface area contributed by atoms with Crippen LogP contribution in [-0.4, -0.2) is 173 Å². The van der Waals surface area contributed by atoms with Crippen LogP contribution in [-0.2, 0) is 52.7 Å². The average Bonchev–Trinajstić information content (AvgIpc) is 3.83. The second kappa shape index (κ2) is 34.0. The maximum absolute atomic E-state index is 14.5. The number of primary amides is 2. The Kier molecular flexibility index (Phi) is 30.0. The number of carbonyl (C=O) groups is 11. The molecule has 418 valence electrons. The SMILES string of the molecule is CC(=O)O.CC[C@H](C)C1NC(=O)[C@H]([C@@H](C)CC)NC(=O)[C@@H](N)CSSC[C@@H](C(=O)N2CCC[C@H]2C(=O)N[C@@H](CCCN=C(N)N)C(=O)NCC(N)=O)NC(=O)[C@H](CC(N)=O)NC(=O)[C@H](CCCN=C(N)N)NC1=O. The summed E-state index contributed by atoms with van der Waals surface area (Å²) in [5.74, 6) is -10.5. The van der Waals surface area contributed by atoms with E-state index in [-0.39, 0.29) is 75.2 Å². The Labute approximate surface area is 437 Å². The molecular formula is C43H77N17O12S2. The quantitative estimate of drug-likeness (QED) is 0.0234. The predicted octanol–water partition coefficient (Wildman–Crippen LogP) is -5.62. The molecule has 10 atom stereocenters. The molecule has 0 bridgehead atoms. The van der Waals surface area contributed by atoms with Gasteiger partial charge >= 0.3 is 0 Å². The van der Waals surface area contributed by atoms with Crippen LogP contribution in [0.5, 0.6) is 0 Å². The first-order chi connectivity index (χ1) is 34.7. The number of nitrogens with one attached hydrogen (secondary N) is 7. The minimum absolute atomic E-state index is 0.0260. The van der Waals surface area contributed by atoms with E-state index in [2.05, 4.69) is 47.2 Å². The van der Waals surface area contributed by atoms with Crippen molar-refractivity contribution < 1.29 is 57.8 Å². The molecule has 0 aliphatic carbocycles. The van der Waals surface area contributed by atoms with Gasteiger partial charge in [-0.25, -0.2) is 0 Å². The lowest BCUT2D eigenvalue weighted by Crippen LogP contribution is -2.62. The van der Waals surface area contributed by atoms with E-state index in [0.717, 1.165) is 28.5 Å². The lowest BCUT2D eigenvalue weighted by molar-refractivity contribution is -0.142. The summed E-state index contributed by atoms with van der Waals surface area (Å²) in [4.78, 5) is 153. The number of carboxylic acid groups (broad SMARTS) is 1. The Morgan fingerprint density at radius 2 is 1.24 bits per heavy atom. The molecule has 10 amide bonds.